The minimum Gasteiger partial charge on any atom is -0.496 e. The first-order valence-corrected chi connectivity index (χ1v) is 5.72. The van der Waals surface area contributed by atoms with E-state index in [9.17, 15) is 14.3 Å². The zero-order chi connectivity index (χ0) is 13.7. The van der Waals surface area contributed by atoms with Crippen molar-refractivity contribution in [3.63, 3.8) is 0 Å². The summed E-state index contributed by atoms with van der Waals surface area (Å²) in [6.07, 6.45) is -0.00508. The van der Waals surface area contributed by atoms with Crippen LogP contribution in [0.15, 0.2) is 18.2 Å². The fraction of sp³-hybridized carbons (Fsp3) is 0.462. The van der Waals surface area contributed by atoms with E-state index in [0.717, 1.165) is 6.07 Å². The van der Waals surface area contributed by atoms with Crippen LogP contribution in [0.25, 0.3) is 0 Å². The molecule has 18 heavy (non-hydrogen) atoms. The second kappa shape index (κ2) is 6.35. The van der Waals surface area contributed by atoms with Gasteiger partial charge in [-0.3, -0.25) is 4.79 Å². The Bertz CT molecular complexity index is 421. The number of carbonyl (C=O) groups is 1. The van der Waals surface area contributed by atoms with E-state index in [1.54, 1.807) is 14.0 Å². The molecular formula is C13H18FNO3. The lowest BCUT2D eigenvalue weighted by Gasteiger charge is -2.19. The van der Waals surface area contributed by atoms with E-state index in [1.165, 1.54) is 24.1 Å². The summed E-state index contributed by atoms with van der Waals surface area (Å²) in [7, 11) is 3.04. The van der Waals surface area contributed by atoms with Crippen molar-refractivity contribution in [1.82, 2.24) is 4.90 Å². The van der Waals surface area contributed by atoms with E-state index in [0.29, 0.717) is 18.7 Å². The SMILES string of the molecule is COc1ccc(F)cc1C(=O)N(C)CCC(C)O. The van der Waals surface area contributed by atoms with Crippen LogP contribution >= 0.6 is 0 Å². The van der Waals surface area contributed by atoms with Crippen molar-refractivity contribution in [2.24, 2.45) is 0 Å². The second-order valence-corrected chi connectivity index (χ2v) is 4.21. The fourth-order valence-electron chi connectivity index (χ4n) is 1.53. The number of amides is 1. The minimum atomic E-state index is -0.483. The molecule has 1 unspecified atom stereocenters. The van der Waals surface area contributed by atoms with Crippen LogP contribution in [-0.2, 0) is 0 Å². The predicted octanol–water partition coefficient (Wildman–Crippen LogP) is 1.68. The van der Waals surface area contributed by atoms with E-state index >= 15 is 0 Å². The lowest BCUT2D eigenvalue weighted by atomic mass is 10.1. The molecule has 0 aliphatic carbocycles. The standard InChI is InChI=1S/C13H18FNO3/c1-9(16)6-7-15(2)13(17)11-8-10(14)4-5-12(11)18-3/h4-5,8-9,16H,6-7H2,1-3H3. The van der Waals surface area contributed by atoms with Gasteiger partial charge in [0.2, 0.25) is 0 Å². The number of nitrogens with zero attached hydrogens (tertiary/aromatic N) is 1. The van der Waals surface area contributed by atoms with Crippen LogP contribution < -0.4 is 4.74 Å². The molecule has 0 spiro atoms. The number of aliphatic hydroxyl groups excluding tert-OH is 1. The summed E-state index contributed by atoms with van der Waals surface area (Å²) >= 11 is 0. The highest BCUT2D eigenvalue weighted by Gasteiger charge is 2.17. The molecular weight excluding hydrogens is 237 g/mol. The molecule has 0 saturated heterocycles. The third-order valence-electron chi connectivity index (χ3n) is 2.62. The second-order valence-electron chi connectivity index (χ2n) is 4.21. The quantitative estimate of drug-likeness (QED) is 0.870. The highest BCUT2D eigenvalue weighted by molar-refractivity contribution is 5.96. The Labute approximate surface area is 106 Å². The average Bonchev–Trinajstić information content (AvgIpc) is 2.34. The van der Waals surface area contributed by atoms with Crippen LogP contribution in [0.5, 0.6) is 5.75 Å². The molecule has 1 aromatic carbocycles. The van der Waals surface area contributed by atoms with Gasteiger partial charge in [0, 0.05) is 13.6 Å². The summed E-state index contributed by atoms with van der Waals surface area (Å²) in [6, 6.07) is 3.82. The van der Waals surface area contributed by atoms with E-state index in [1.807, 2.05) is 0 Å². The molecule has 0 aromatic heterocycles. The van der Waals surface area contributed by atoms with Gasteiger partial charge in [0.15, 0.2) is 0 Å². The van der Waals surface area contributed by atoms with Gasteiger partial charge in [-0.25, -0.2) is 4.39 Å². The highest BCUT2D eigenvalue weighted by atomic mass is 19.1. The predicted molar refractivity (Wildman–Crippen MR) is 66.2 cm³/mol. The van der Waals surface area contributed by atoms with Crippen molar-refractivity contribution < 1.29 is 19.0 Å². The Morgan fingerprint density at radius 3 is 2.78 bits per heavy atom. The summed E-state index contributed by atoms with van der Waals surface area (Å²) in [4.78, 5) is 13.5. The summed E-state index contributed by atoms with van der Waals surface area (Å²) in [6.45, 7) is 2.05. The fourth-order valence-corrected chi connectivity index (χ4v) is 1.53. The Kier molecular flexibility index (Phi) is 5.09. The van der Waals surface area contributed by atoms with Gasteiger partial charge in [-0.15, -0.1) is 0 Å². The molecule has 1 N–H and O–H groups in total. The number of halogens is 1. The zero-order valence-electron chi connectivity index (χ0n) is 10.8. The van der Waals surface area contributed by atoms with E-state index in [2.05, 4.69) is 0 Å². The highest BCUT2D eigenvalue weighted by Crippen LogP contribution is 2.20. The van der Waals surface area contributed by atoms with Crippen molar-refractivity contribution in [2.75, 3.05) is 20.7 Å². The molecule has 5 heteroatoms. The first-order valence-electron chi connectivity index (χ1n) is 5.72. The molecule has 0 bridgehead atoms. The topological polar surface area (TPSA) is 49.8 Å². The molecule has 1 rings (SSSR count). The van der Waals surface area contributed by atoms with Gasteiger partial charge in [0.1, 0.15) is 11.6 Å². The van der Waals surface area contributed by atoms with Crippen molar-refractivity contribution >= 4 is 5.91 Å². The Morgan fingerprint density at radius 1 is 1.56 bits per heavy atom. The van der Waals surface area contributed by atoms with Gasteiger partial charge in [-0.05, 0) is 31.5 Å². The molecule has 1 aromatic rings. The molecule has 0 saturated carbocycles. The molecule has 0 fully saturated rings. The number of benzene rings is 1. The zero-order valence-corrected chi connectivity index (χ0v) is 10.8. The molecule has 0 aliphatic heterocycles. The van der Waals surface area contributed by atoms with Crippen LogP contribution in [0.1, 0.15) is 23.7 Å². The molecule has 100 valence electrons. The maximum Gasteiger partial charge on any atom is 0.257 e. The Hall–Kier alpha value is -1.62. The summed E-state index contributed by atoms with van der Waals surface area (Å²) in [5.41, 5.74) is 0.186. The van der Waals surface area contributed by atoms with Crippen LogP contribution in [0, 0.1) is 5.82 Å². The average molecular weight is 255 g/mol. The molecule has 0 radical (unpaired) electrons. The number of carbonyl (C=O) groups excluding carboxylic acids is 1. The van der Waals surface area contributed by atoms with Gasteiger partial charge in [0.25, 0.3) is 5.91 Å². The van der Waals surface area contributed by atoms with Crippen molar-refractivity contribution in [1.29, 1.82) is 0 Å². The van der Waals surface area contributed by atoms with Gasteiger partial charge >= 0.3 is 0 Å². The third-order valence-corrected chi connectivity index (χ3v) is 2.62. The normalized spacial score (nSPS) is 12.1. The smallest absolute Gasteiger partial charge is 0.257 e. The number of aliphatic hydroxyl groups is 1. The molecule has 0 aliphatic rings. The number of methoxy groups -OCH3 is 1. The largest absolute Gasteiger partial charge is 0.496 e. The van der Waals surface area contributed by atoms with Gasteiger partial charge in [0.05, 0.1) is 18.8 Å². The minimum absolute atomic E-state index is 0.186. The van der Waals surface area contributed by atoms with Gasteiger partial charge in [-0.2, -0.15) is 0 Å². The molecule has 1 amide bonds. The first-order chi connectivity index (χ1) is 8.45. The van der Waals surface area contributed by atoms with E-state index in [4.69, 9.17) is 4.74 Å². The van der Waals surface area contributed by atoms with Crippen molar-refractivity contribution in [3.05, 3.63) is 29.6 Å². The number of ether oxygens (including phenoxy) is 1. The van der Waals surface area contributed by atoms with Crippen LogP contribution in [0.4, 0.5) is 4.39 Å². The van der Waals surface area contributed by atoms with Gasteiger partial charge < -0.3 is 14.7 Å². The van der Waals surface area contributed by atoms with Crippen molar-refractivity contribution in [2.45, 2.75) is 19.4 Å². The van der Waals surface area contributed by atoms with Crippen LogP contribution in [0.2, 0.25) is 0 Å². The lowest BCUT2D eigenvalue weighted by molar-refractivity contribution is 0.0765. The number of rotatable bonds is 5. The van der Waals surface area contributed by atoms with Crippen molar-refractivity contribution in [3.8, 4) is 5.75 Å². The Balaban J connectivity index is 2.85. The van der Waals surface area contributed by atoms with Crippen LogP contribution in [0.3, 0.4) is 0 Å². The third kappa shape index (κ3) is 3.70. The van der Waals surface area contributed by atoms with Gasteiger partial charge in [-0.1, -0.05) is 0 Å². The monoisotopic (exact) mass is 255 g/mol. The Morgan fingerprint density at radius 2 is 2.22 bits per heavy atom. The van der Waals surface area contributed by atoms with E-state index < -0.39 is 11.9 Å². The van der Waals surface area contributed by atoms with Crippen LogP contribution in [-0.4, -0.2) is 42.7 Å². The summed E-state index contributed by atoms with van der Waals surface area (Å²) < 4.78 is 18.2. The number of hydrogen-bond acceptors (Lipinski definition) is 3. The van der Waals surface area contributed by atoms with E-state index in [-0.39, 0.29) is 11.5 Å². The first kappa shape index (κ1) is 14.4. The number of hydrogen-bond donors (Lipinski definition) is 1. The lowest BCUT2D eigenvalue weighted by Crippen LogP contribution is -2.29. The maximum absolute atomic E-state index is 13.2. The molecule has 4 nitrogen and oxygen atoms in total. The molecule has 0 heterocycles. The maximum atomic E-state index is 13.2. The molecule has 1 atom stereocenters. The summed E-state index contributed by atoms with van der Waals surface area (Å²) in [5.74, 6) is -0.472. The summed E-state index contributed by atoms with van der Waals surface area (Å²) in [5, 5.41) is 9.18.